The minimum absolute atomic E-state index is 0.141. The quantitative estimate of drug-likeness (QED) is 0.612. The van der Waals surface area contributed by atoms with E-state index in [1.807, 2.05) is 0 Å². The lowest BCUT2D eigenvalue weighted by molar-refractivity contribution is -0.143. The van der Waals surface area contributed by atoms with Crippen LogP contribution in [0.1, 0.15) is 16.7 Å². The molecule has 0 unspecified atom stereocenters. The summed E-state index contributed by atoms with van der Waals surface area (Å²) in [4.78, 5) is 0. The summed E-state index contributed by atoms with van der Waals surface area (Å²) in [6.45, 7) is 0. The molecule has 0 aliphatic carbocycles. The Kier molecular flexibility index (Phi) is 4.12. The van der Waals surface area contributed by atoms with Gasteiger partial charge in [0.2, 0.25) is 9.05 Å². The van der Waals surface area contributed by atoms with Gasteiger partial charge in [-0.15, -0.1) is 0 Å². The first kappa shape index (κ1) is 16.1. The molecule has 0 amide bonds. The van der Waals surface area contributed by atoms with E-state index in [0.717, 1.165) is 0 Å². The van der Waals surface area contributed by atoms with Crippen LogP contribution in [0.4, 0.5) is 26.3 Å². The molecule has 1 rings (SSSR count). The minimum Gasteiger partial charge on any atom is -0.212 e. The molecule has 19 heavy (non-hydrogen) atoms. The zero-order chi connectivity index (χ0) is 15.1. The number of benzene rings is 1. The molecule has 0 aromatic heterocycles. The van der Waals surface area contributed by atoms with Gasteiger partial charge >= 0.3 is 12.4 Å². The van der Waals surface area contributed by atoms with Gasteiger partial charge in [0.1, 0.15) is 0 Å². The molecule has 0 aliphatic heterocycles. The van der Waals surface area contributed by atoms with Crippen LogP contribution in [0, 0.1) is 0 Å². The first-order valence-electron chi connectivity index (χ1n) is 4.50. The summed E-state index contributed by atoms with van der Waals surface area (Å²) in [6.07, 6.45) is -10.1. The highest BCUT2D eigenvalue weighted by Gasteiger charge is 2.38. The molecule has 0 saturated heterocycles. The van der Waals surface area contributed by atoms with E-state index in [4.69, 9.17) is 10.7 Å². The maximum absolute atomic E-state index is 12.6. The molecule has 10 heteroatoms. The largest absolute Gasteiger partial charge is 0.416 e. The second-order valence-corrected chi connectivity index (χ2v) is 6.33. The number of rotatable bonds is 2. The van der Waals surface area contributed by atoms with Crippen LogP contribution in [-0.2, 0) is 27.2 Å². The predicted octanol–water partition coefficient (Wildman–Crippen LogP) is 3.79. The number of hydrogen-bond donors (Lipinski definition) is 0. The number of hydrogen-bond acceptors (Lipinski definition) is 2. The van der Waals surface area contributed by atoms with Crippen LogP contribution in [0.3, 0.4) is 0 Å². The molecule has 1 aromatic rings. The van der Waals surface area contributed by atoms with Crippen LogP contribution in [0.2, 0.25) is 0 Å². The maximum Gasteiger partial charge on any atom is 0.416 e. The van der Waals surface area contributed by atoms with Gasteiger partial charge < -0.3 is 0 Å². The lowest BCUT2D eigenvalue weighted by Crippen LogP contribution is -2.14. The zero-order valence-corrected chi connectivity index (χ0v) is 10.4. The first-order chi connectivity index (χ1) is 8.31. The molecule has 0 heterocycles. The van der Waals surface area contributed by atoms with Gasteiger partial charge in [0.05, 0.1) is 16.9 Å². The third-order valence-electron chi connectivity index (χ3n) is 2.07. The van der Waals surface area contributed by atoms with Gasteiger partial charge in [-0.1, -0.05) is 6.07 Å². The summed E-state index contributed by atoms with van der Waals surface area (Å²) >= 11 is 0. The topological polar surface area (TPSA) is 34.1 Å². The van der Waals surface area contributed by atoms with Crippen LogP contribution in [-0.4, -0.2) is 8.42 Å². The van der Waals surface area contributed by atoms with Crippen LogP contribution < -0.4 is 0 Å². The molecule has 0 bridgehead atoms. The normalized spacial score (nSPS) is 13.6. The van der Waals surface area contributed by atoms with Gasteiger partial charge in [0, 0.05) is 10.7 Å². The van der Waals surface area contributed by atoms with Crippen molar-refractivity contribution in [2.24, 2.45) is 0 Å². The standard InChI is InChI=1S/C9H5ClF6O2S/c10-19(17,18)4-5-1-2-6(8(11,12)13)3-7(5)9(14,15)16/h1-3H,4H2. The van der Waals surface area contributed by atoms with Gasteiger partial charge in [-0.2, -0.15) is 26.3 Å². The van der Waals surface area contributed by atoms with E-state index >= 15 is 0 Å². The van der Waals surface area contributed by atoms with E-state index in [9.17, 15) is 34.8 Å². The molecule has 108 valence electrons. The van der Waals surface area contributed by atoms with Crippen LogP contribution in [0.25, 0.3) is 0 Å². The summed E-state index contributed by atoms with van der Waals surface area (Å²) in [5.74, 6) is -1.21. The monoisotopic (exact) mass is 326 g/mol. The Labute approximate surface area is 108 Å². The smallest absolute Gasteiger partial charge is 0.212 e. The van der Waals surface area contributed by atoms with Crippen molar-refractivity contribution in [1.82, 2.24) is 0 Å². The van der Waals surface area contributed by atoms with Gasteiger partial charge in [0.15, 0.2) is 0 Å². The maximum atomic E-state index is 12.6. The molecule has 1 aromatic carbocycles. The van der Waals surface area contributed by atoms with Crippen molar-refractivity contribution in [3.8, 4) is 0 Å². The fourth-order valence-electron chi connectivity index (χ4n) is 1.33. The summed E-state index contributed by atoms with van der Waals surface area (Å²) < 4.78 is 96.2. The Balaban J connectivity index is 3.42. The fourth-order valence-corrected chi connectivity index (χ4v) is 2.30. The molecular formula is C9H5ClF6O2S. The Morgan fingerprint density at radius 3 is 1.89 bits per heavy atom. The fraction of sp³-hybridized carbons (Fsp3) is 0.333. The average Bonchev–Trinajstić information content (AvgIpc) is 2.11. The van der Waals surface area contributed by atoms with Crippen molar-refractivity contribution in [2.75, 3.05) is 0 Å². The highest BCUT2D eigenvalue weighted by atomic mass is 35.7. The van der Waals surface area contributed by atoms with E-state index in [0.29, 0.717) is 12.1 Å². The molecule has 0 fully saturated rings. The van der Waals surface area contributed by atoms with E-state index in [1.165, 1.54) is 0 Å². The molecule has 0 N–H and O–H groups in total. The lowest BCUT2D eigenvalue weighted by Gasteiger charge is -2.15. The Morgan fingerprint density at radius 1 is 1.00 bits per heavy atom. The molecule has 0 spiro atoms. The van der Waals surface area contributed by atoms with Crippen molar-refractivity contribution < 1.29 is 34.8 Å². The third kappa shape index (κ3) is 4.57. The summed E-state index contributed by atoms with van der Waals surface area (Å²) in [5.41, 5.74) is -4.03. The highest BCUT2D eigenvalue weighted by Crippen LogP contribution is 2.37. The SMILES string of the molecule is O=S(=O)(Cl)Cc1ccc(C(F)(F)F)cc1C(F)(F)F. The third-order valence-corrected chi connectivity index (χ3v) is 3.05. The molecule has 0 aliphatic rings. The molecular weight excluding hydrogens is 322 g/mol. The Hall–Kier alpha value is -0.960. The number of alkyl halides is 6. The molecule has 0 atom stereocenters. The lowest BCUT2D eigenvalue weighted by atomic mass is 10.0. The number of halogens is 7. The second-order valence-electron chi connectivity index (χ2n) is 3.55. The second kappa shape index (κ2) is 4.86. The predicted molar refractivity (Wildman–Crippen MR) is 54.9 cm³/mol. The Bertz CT molecular complexity index is 575. The first-order valence-corrected chi connectivity index (χ1v) is 6.98. The van der Waals surface area contributed by atoms with Crippen molar-refractivity contribution in [3.05, 3.63) is 34.9 Å². The highest BCUT2D eigenvalue weighted by molar-refractivity contribution is 8.13. The summed E-state index contributed by atoms with van der Waals surface area (Å²) in [5, 5.41) is 0. The van der Waals surface area contributed by atoms with Crippen LogP contribution >= 0.6 is 10.7 Å². The van der Waals surface area contributed by atoms with Crippen LogP contribution in [0.15, 0.2) is 18.2 Å². The van der Waals surface area contributed by atoms with Crippen molar-refractivity contribution >= 4 is 19.7 Å². The van der Waals surface area contributed by atoms with E-state index in [-0.39, 0.29) is 6.07 Å². The van der Waals surface area contributed by atoms with Gasteiger partial charge in [-0.3, -0.25) is 0 Å². The van der Waals surface area contributed by atoms with E-state index in [1.54, 1.807) is 0 Å². The average molecular weight is 327 g/mol. The van der Waals surface area contributed by atoms with Gasteiger partial charge in [-0.25, -0.2) is 8.42 Å². The zero-order valence-electron chi connectivity index (χ0n) is 8.81. The van der Waals surface area contributed by atoms with Crippen molar-refractivity contribution in [2.45, 2.75) is 18.1 Å². The van der Waals surface area contributed by atoms with Gasteiger partial charge in [-0.05, 0) is 17.7 Å². The van der Waals surface area contributed by atoms with E-state index in [2.05, 4.69) is 0 Å². The van der Waals surface area contributed by atoms with Crippen molar-refractivity contribution in [3.63, 3.8) is 0 Å². The Morgan fingerprint density at radius 2 is 1.53 bits per heavy atom. The summed E-state index contributed by atoms with van der Waals surface area (Å²) in [7, 11) is 0.485. The molecule has 2 nitrogen and oxygen atoms in total. The van der Waals surface area contributed by atoms with Crippen LogP contribution in [0.5, 0.6) is 0 Å². The van der Waals surface area contributed by atoms with Crippen molar-refractivity contribution in [1.29, 1.82) is 0 Å². The molecule has 0 radical (unpaired) electrons. The van der Waals surface area contributed by atoms with Gasteiger partial charge in [0.25, 0.3) is 0 Å². The molecule has 0 saturated carbocycles. The minimum atomic E-state index is -5.11. The summed E-state index contributed by atoms with van der Waals surface area (Å²) in [6, 6.07) is 0.676. The van der Waals surface area contributed by atoms with E-state index < -0.39 is 43.8 Å².